The van der Waals surface area contributed by atoms with Crippen molar-refractivity contribution in [3.63, 3.8) is 0 Å². The number of ether oxygens (including phenoxy) is 1. The van der Waals surface area contributed by atoms with Crippen molar-refractivity contribution in [2.24, 2.45) is 0 Å². The second-order valence-corrected chi connectivity index (χ2v) is 7.47. The Morgan fingerprint density at radius 1 is 1.04 bits per heavy atom. The minimum Gasteiger partial charge on any atom is -0.363 e. The number of piperidine rings is 1. The Kier molecular flexibility index (Phi) is 5.13. The van der Waals surface area contributed by atoms with E-state index in [1.54, 1.807) is 17.0 Å². The van der Waals surface area contributed by atoms with Gasteiger partial charge in [-0.3, -0.25) is 9.59 Å². The molecule has 2 aliphatic heterocycles. The number of likely N-dealkylation sites (tertiary alicyclic amines) is 1. The van der Waals surface area contributed by atoms with Gasteiger partial charge in [0.15, 0.2) is 0 Å². The van der Waals surface area contributed by atoms with Crippen LogP contribution < -0.4 is 4.90 Å². The van der Waals surface area contributed by atoms with Gasteiger partial charge in [-0.05, 0) is 42.7 Å². The summed E-state index contributed by atoms with van der Waals surface area (Å²) in [6, 6.07) is 15.7. The van der Waals surface area contributed by atoms with E-state index in [2.05, 4.69) is 0 Å². The molecule has 2 aromatic carbocycles. The van der Waals surface area contributed by atoms with Crippen LogP contribution in [0.25, 0.3) is 0 Å². The summed E-state index contributed by atoms with van der Waals surface area (Å²) in [7, 11) is 0. The maximum absolute atomic E-state index is 13.0. The zero-order chi connectivity index (χ0) is 19.6. The van der Waals surface area contributed by atoms with E-state index in [1.165, 1.54) is 12.1 Å². The lowest BCUT2D eigenvalue weighted by molar-refractivity contribution is -0.150. The summed E-state index contributed by atoms with van der Waals surface area (Å²) in [5.41, 5.74) is 1.28. The van der Waals surface area contributed by atoms with Gasteiger partial charge in [-0.1, -0.05) is 30.3 Å². The molecule has 0 unspecified atom stereocenters. The highest BCUT2D eigenvalue weighted by molar-refractivity contribution is 5.95. The SMILES string of the molecule is O=C(Cc1ccc(F)cc1)N1CCC2(CC1)CN(c1ccccc1)C(=O)CO2. The molecule has 1 spiro atoms. The number of morpholine rings is 1. The van der Waals surface area contributed by atoms with E-state index < -0.39 is 5.60 Å². The first-order chi connectivity index (χ1) is 13.5. The average molecular weight is 382 g/mol. The van der Waals surface area contributed by atoms with Gasteiger partial charge in [-0.15, -0.1) is 0 Å². The molecule has 2 saturated heterocycles. The van der Waals surface area contributed by atoms with Gasteiger partial charge in [0.25, 0.3) is 5.91 Å². The highest BCUT2D eigenvalue weighted by Gasteiger charge is 2.43. The zero-order valence-electron chi connectivity index (χ0n) is 15.6. The molecular weight excluding hydrogens is 359 g/mol. The third-order valence-electron chi connectivity index (χ3n) is 5.61. The van der Waals surface area contributed by atoms with Crippen molar-refractivity contribution in [3.8, 4) is 0 Å². The molecule has 0 N–H and O–H groups in total. The lowest BCUT2D eigenvalue weighted by Gasteiger charge is -2.47. The van der Waals surface area contributed by atoms with Crippen LogP contribution >= 0.6 is 0 Å². The third-order valence-corrected chi connectivity index (χ3v) is 5.61. The topological polar surface area (TPSA) is 49.9 Å². The van der Waals surface area contributed by atoms with Crippen LogP contribution in [0.15, 0.2) is 54.6 Å². The van der Waals surface area contributed by atoms with Gasteiger partial charge in [0.05, 0.1) is 18.6 Å². The molecular formula is C22H23FN2O3. The smallest absolute Gasteiger partial charge is 0.253 e. The van der Waals surface area contributed by atoms with Crippen molar-refractivity contribution in [3.05, 3.63) is 66.0 Å². The van der Waals surface area contributed by atoms with Crippen LogP contribution in [0.2, 0.25) is 0 Å². The van der Waals surface area contributed by atoms with Crippen LogP contribution in [0.1, 0.15) is 18.4 Å². The molecule has 2 heterocycles. The summed E-state index contributed by atoms with van der Waals surface area (Å²) >= 11 is 0. The maximum Gasteiger partial charge on any atom is 0.253 e. The summed E-state index contributed by atoms with van der Waals surface area (Å²) in [6.07, 6.45) is 1.65. The molecule has 0 atom stereocenters. The number of rotatable bonds is 3. The fourth-order valence-corrected chi connectivity index (χ4v) is 3.91. The lowest BCUT2D eigenvalue weighted by atomic mass is 9.88. The minimum atomic E-state index is -0.406. The van der Waals surface area contributed by atoms with Crippen molar-refractivity contribution < 1.29 is 18.7 Å². The second-order valence-electron chi connectivity index (χ2n) is 7.47. The highest BCUT2D eigenvalue weighted by atomic mass is 19.1. The Labute approximate surface area is 163 Å². The Morgan fingerprint density at radius 2 is 1.71 bits per heavy atom. The van der Waals surface area contributed by atoms with E-state index in [0.717, 1.165) is 11.3 Å². The van der Waals surface area contributed by atoms with E-state index in [9.17, 15) is 14.0 Å². The number of anilines is 1. The standard InChI is InChI=1S/C22H23FN2O3/c23-18-8-6-17(7-9-18)14-20(26)24-12-10-22(11-13-24)16-25(21(27)15-28-22)19-4-2-1-3-5-19/h1-9H,10-16H2. The number of para-hydroxylation sites is 1. The zero-order valence-corrected chi connectivity index (χ0v) is 15.6. The van der Waals surface area contributed by atoms with Crippen LogP contribution in [0.3, 0.4) is 0 Å². The van der Waals surface area contributed by atoms with Gasteiger partial charge in [0, 0.05) is 18.8 Å². The van der Waals surface area contributed by atoms with E-state index >= 15 is 0 Å². The first-order valence-electron chi connectivity index (χ1n) is 9.56. The van der Waals surface area contributed by atoms with Crippen LogP contribution in [0.5, 0.6) is 0 Å². The average Bonchev–Trinajstić information content (AvgIpc) is 2.73. The normalized spacial score (nSPS) is 19.1. The number of carbonyl (C=O) groups excluding carboxylic acids is 2. The Hall–Kier alpha value is -2.73. The number of hydrogen-bond donors (Lipinski definition) is 0. The first kappa shape index (κ1) is 18.6. The predicted octanol–water partition coefficient (Wildman–Crippen LogP) is 2.79. The monoisotopic (exact) mass is 382 g/mol. The number of benzene rings is 2. The molecule has 2 fully saturated rings. The number of amides is 2. The second kappa shape index (κ2) is 7.72. The molecule has 0 bridgehead atoms. The third kappa shape index (κ3) is 3.92. The van der Waals surface area contributed by atoms with E-state index in [1.807, 2.05) is 35.2 Å². The fraction of sp³-hybridized carbons (Fsp3) is 0.364. The number of carbonyl (C=O) groups is 2. The van der Waals surface area contributed by atoms with Gasteiger partial charge >= 0.3 is 0 Å². The maximum atomic E-state index is 13.0. The summed E-state index contributed by atoms with van der Waals surface area (Å²) in [5.74, 6) is -0.303. The van der Waals surface area contributed by atoms with Crippen LogP contribution in [-0.2, 0) is 20.7 Å². The van der Waals surface area contributed by atoms with Crippen molar-refractivity contribution in [2.75, 3.05) is 31.1 Å². The molecule has 2 aromatic rings. The summed E-state index contributed by atoms with van der Waals surface area (Å²) in [6.45, 7) is 1.77. The van der Waals surface area contributed by atoms with Gasteiger partial charge in [0.2, 0.25) is 5.91 Å². The van der Waals surface area contributed by atoms with Gasteiger partial charge < -0.3 is 14.5 Å². The molecule has 0 saturated carbocycles. The van der Waals surface area contributed by atoms with E-state index in [4.69, 9.17) is 4.74 Å². The fourth-order valence-electron chi connectivity index (χ4n) is 3.91. The molecule has 0 radical (unpaired) electrons. The minimum absolute atomic E-state index is 0.0354. The van der Waals surface area contributed by atoms with Crippen LogP contribution in [-0.4, -0.2) is 48.6 Å². The Balaban J connectivity index is 1.38. The first-order valence-corrected chi connectivity index (χ1v) is 9.56. The molecule has 5 nitrogen and oxygen atoms in total. The summed E-state index contributed by atoms with van der Waals surface area (Å²) in [4.78, 5) is 28.5. The number of hydrogen-bond acceptors (Lipinski definition) is 3. The van der Waals surface area contributed by atoms with E-state index in [0.29, 0.717) is 32.5 Å². The molecule has 2 aliphatic rings. The van der Waals surface area contributed by atoms with Crippen molar-refractivity contribution in [1.29, 1.82) is 0 Å². The summed E-state index contributed by atoms with van der Waals surface area (Å²) in [5, 5.41) is 0. The van der Waals surface area contributed by atoms with Crippen molar-refractivity contribution in [1.82, 2.24) is 4.90 Å². The molecule has 0 aliphatic carbocycles. The molecule has 146 valence electrons. The lowest BCUT2D eigenvalue weighted by Crippen LogP contribution is -2.59. The molecule has 2 amide bonds. The molecule has 28 heavy (non-hydrogen) atoms. The predicted molar refractivity (Wildman–Crippen MR) is 103 cm³/mol. The van der Waals surface area contributed by atoms with E-state index in [-0.39, 0.29) is 30.7 Å². The largest absolute Gasteiger partial charge is 0.363 e. The van der Waals surface area contributed by atoms with Gasteiger partial charge in [-0.2, -0.15) is 0 Å². The molecule has 0 aromatic heterocycles. The molecule has 4 rings (SSSR count). The van der Waals surface area contributed by atoms with Crippen molar-refractivity contribution >= 4 is 17.5 Å². The van der Waals surface area contributed by atoms with Crippen molar-refractivity contribution in [2.45, 2.75) is 24.9 Å². The number of halogens is 1. The quantitative estimate of drug-likeness (QED) is 0.820. The summed E-state index contributed by atoms with van der Waals surface area (Å²) < 4.78 is 19.0. The van der Waals surface area contributed by atoms with Crippen LogP contribution in [0.4, 0.5) is 10.1 Å². The van der Waals surface area contributed by atoms with Gasteiger partial charge in [-0.25, -0.2) is 4.39 Å². The van der Waals surface area contributed by atoms with Crippen LogP contribution in [0, 0.1) is 5.82 Å². The number of nitrogens with zero attached hydrogens (tertiary/aromatic N) is 2. The Morgan fingerprint density at radius 3 is 2.39 bits per heavy atom. The highest BCUT2D eigenvalue weighted by Crippen LogP contribution is 2.32. The Bertz CT molecular complexity index is 846. The molecule has 6 heteroatoms. The van der Waals surface area contributed by atoms with Gasteiger partial charge in [0.1, 0.15) is 12.4 Å².